The summed E-state index contributed by atoms with van der Waals surface area (Å²) in [6.07, 6.45) is 1.22. The molecule has 20 heavy (non-hydrogen) atoms. The predicted molar refractivity (Wildman–Crippen MR) is 82.4 cm³/mol. The molecule has 1 aromatic carbocycles. The van der Waals surface area contributed by atoms with Crippen molar-refractivity contribution in [3.63, 3.8) is 0 Å². The number of benzene rings is 1. The molecule has 1 saturated heterocycles. The Balaban J connectivity index is 2.10. The fraction of sp³-hybridized carbons (Fsp3) is 0.588. The van der Waals surface area contributed by atoms with Gasteiger partial charge in [0, 0.05) is 5.56 Å². The van der Waals surface area contributed by atoms with Gasteiger partial charge < -0.3 is 9.80 Å². The lowest BCUT2D eigenvalue weighted by Gasteiger charge is -2.32. The van der Waals surface area contributed by atoms with E-state index in [1.165, 1.54) is 18.5 Å². The van der Waals surface area contributed by atoms with Crippen molar-refractivity contribution in [2.24, 2.45) is 0 Å². The van der Waals surface area contributed by atoms with Crippen LogP contribution in [-0.4, -0.2) is 43.5 Å². The van der Waals surface area contributed by atoms with Crippen molar-refractivity contribution in [3.05, 3.63) is 34.4 Å². The highest BCUT2D eigenvalue weighted by molar-refractivity contribution is 5.97. The maximum absolute atomic E-state index is 12.7. The number of quaternary nitrogens is 1. The molecule has 0 radical (unpaired) electrons. The highest BCUT2D eigenvalue weighted by Gasteiger charge is 2.25. The summed E-state index contributed by atoms with van der Waals surface area (Å²) in [5.74, 6) is 0.218. The van der Waals surface area contributed by atoms with E-state index >= 15 is 0 Å². The number of hydrogen-bond donors (Lipinski definition) is 1. The maximum atomic E-state index is 12.7. The standard InChI is InChI=1S/C17H26N2O/c1-5-6-18-7-9-19(10-8-18)17(20)16-14(3)11-13(2)12-15(16)4/h11-12H,5-10H2,1-4H3/p+1. The van der Waals surface area contributed by atoms with Gasteiger partial charge in [-0.1, -0.05) is 24.6 Å². The van der Waals surface area contributed by atoms with Crippen molar-refractivity contribution in [2.45, 2.75) is 34.1 Å². The summed E-state index contributed by atoms with van der Waals surface area (Å²) in [4.78, 5) is 16.4. The molecule has 0 bridgehead atoms. The quantitative estimate of drug-likeness (QED) is 0.885. The monoisotopic (exact) mass is 275 g/mol. The molecule has 1 aliphatic heterocycles. The Morgan fingerprint density at radius 2 is 1.70 bits per heavy atom. The van der Waals surface area contributed by atoms with E-state index in [0.29, 0.717) is 0 Å². The number of carbonyl (C=O) groups is 1. The van der Waals surface area contributed by atoms with Crippen LogP contribution in [0.2, 0.25) is 0 Å². The fourth-order valence-electron chi connectivity index (χ4n) is 3.31. The second-order valence-electron chi connectivity index (χ2n) is 6.07. The molecule has 3 heteroatoms. The van der Waals surface area contributed by atoms with Gasteiger partial charge in [0.1, 0.15) is 0 Å². The topological polar surface area (TPSA) is 24.8 Å². The number of amides is 1. The van der Waals surface area contributed by atoms with Gasteiger partial charge in [-0.15, -0.1) is 0 Å². The molecule has 1 fully saturated rings. The van der Waals surface area contributed by atoms with Crippen LogP contribution in [0.1, 0.15) is 40.4 Å². The van der Waals surface area contributed by atoms with Crippen LogP contribution in [-0.2, 0) is 0 Å². The van der Waals surface area contributed by atoms with Crippen LogP contribution >= 0.6 is 0 Å². The zero-order valence-electron chi connectivity index (χ0n) is 13.3. The molecule has 1 N–H and O–H groups in total. The van der Waals surface area contributed by atoms with Crippen molar-refractivity contribution in [2.75, 3.05) is 32.7 Å². The first-order valence-corrected chi connectivity index (χ1v) is 7.73. The van der Waals surface area contributed by atoms with Crippen LogP contribution in [0.3, 0.4) is 0 Å². The van der Waals surface area contributed by atoms with Crippen LogP contribution in [0.4, 0.5) is 0 Å². The van der Waals surface area contributed by atoms with Crippen LogP contribution < -0.4 is 4.90 Å². The number of aryl methyl sites for hydroxylation is 3. The van der Waals surface area contributed by atoms with Crippen LogP contribution in [0.15, 0.2) is 12.1 Å². The predicted octanol–water partition coefficient (Wildman–Crippen LogP) is 1.36. The van der Waals surface area contributed by atoms with Crippen molar-refractivity contribution in [1.82, 2.24) is 4.90 Å². The lowest BCUT2D eigenvalue weighted by Crippen LogP contribution is -3.14. The van der Waals surface area contributed by atoms with Gasteiger partial charge in [-0.3, -0.25) is 4.79 Å². The fourth-order valence-corrected chi connectivity index (χ4v) is 3.31. The first-order valence-electron chi connectivity index (χ1n) is 7.73. The minimum Gasteiger partial charge on any atom is -0.332 e. The highest BCUT2D eigenvalue weighted by Crippen LogP contribution is 2.18. The molecule has 0 atom stereocenters. The largest absolute Gasteiger partial charge is 0.332 e. The summed E-state index contributed by atoms with van der Waals surface area (Å²) in [6, 6.07) is 4.22. The Morgan fingerprint density at radius 1 is 1.15 bits per heavy atom. The molecule has 1 aromatic rings. The molecular weight excluding hydrogens is 248 g/mol. The molecule has 1 aliphatic rings. The Labute approximate surface area is 122 Å². The minimum atomic E-state index is 0.218. The molecule has 0 saturated carbocycles. The molecule has 0 aliphatic carbocycles. The van der Waals surface area contributed by atoms with E-state index in [4.69, 9.17) is 0 Å². The third-order valence-electron chi connectivity index (χ3n) is 4.25. The van der Waals surface area contributed by atoms with Crippen LogP contribution in [0.25, 0.3) is 0 Å². The number of piperazine rings is 1. The third kappa shape index (κ3) is 3.21. The zero-order chi connectivity index (χ0) is 14.7. The number of nitrogens with zero attached hydrogens (tertiary/aromatic N) is 1. The minimum absolute atomic E-state index is 0.218. The zero-order valence-corrected chi connectivity index (χ0v) is 13.3. The molecule has 0 spiro atoms. The van der Waals surface area contributed by atoms with Gasteiger partial charge >= 0.3 is 0 Å². The van der Waals surface area contributed by atoms with E-state index in [2.05, 4.69) is 26.0 Å². The first kappa shape index (κ1) is 15.0. The van der Waals surface area contributed by atoms with Gasteiger partial charge in [0.2, 0.25) is 0 Å². The van der Waals surface area contributed by atoms with Gasteiger partial charge in [-0.25, -0.2) is 0 Å². The van der Waals surface area contributed by atoms with Crippen LogP contribution in [0.5, 0.6) is 0 Å². The SMILES string of the molecule is CCC[NH+]1CCN(C(=O)c2c(C)cc(C)cc2C)CC1. The smallest absolute Gasteiger partial charge is 0.254 e. The third-order valence-corrected chi connectivity index (χ3v) is 4.25. The molecule has 0 aromatic heterocycles. The van der Waals surface area contributed by atoms with Gasteiger partial charge in [-0.05, 0) is 38.3 Å². The second-order valence-corrected chi connectivity index (χ2v) is 6.07. The number of nitrogens with one attached hydrogen (secondary N) is 1. The molecule has 1 amide bonds. The molecular formula is C17H27N2O+. The van der Waals surface area contributed by atoms with Crippen molar-refractivity contribution >= 4 is 5.91 Å². The lowest BCUT2D eigenvalue weighted by atomic mass is 9.98. The summed E-state index contributed by atoms with van der Waals surface area (Å²) in [5, 5.41) is 0. The van der Waals surface area contributed by atoms with Crippen molar-refractivity contribution in [1.29, 1.82) is 0 Å². The maximum Gasteiger partial charge on any atom is 0.254 e. The summed E-state index contributed by atoms with van der Waals surface area (Å²) < 4.78 is 0. The van der Waals surface area contributed by atoms with E-state index in [0.717, 1.165) is 42.9 Å². The second kappa shape index (κ2) is 6.40. The highest BCUT2D eigenvalue weighted by atomic mass is 16.2. The van der Waals surface area contributed by atoms with Gasteiger partial charge in [0.15, 0.2) is 0 Å². The van der Waals surface area contributed by atoms with Crippen molar-refractivity contribution < 1.29 is 9.69 Å². The van der Waals surface area contributed by atoms with E-state index in [1.807, 2.05) is 18.7 Å². The number of carbonyl (C=O) groups excluding carboxylic acids is 1. The summed E-state index contributed by atoms with van der Waals surface area (Å²) in [5.41, 5.74) is 4.36. The molecule has 110 valence electrons. The normalized spacial score (nSPS) is 16.5. The summed E-state index contributed by atoms with van der Waals surface area (Å²) in [7, 11) is 0. The average molecular weight is 275 g/mol. The Kier molecular flexibility index (Phi) is 4.81. The number of rotatable bonds is 3. The Hall–Kier alpha value is -1.35. The summed E-state index contributed by atoms with van der Waals surface area (Å²) >= 11 is 0. The number of hydrogen-bond acceptors (Lipinski definition) is 1. The Morgan fingerprint density at radius 3 is 2.20 bits per heavy atom. The molecule has 2 rings (SSSR count). The summed E-state index contributed by atoms with van der Waals surface area (Å²) in [6.45, 7) is 13.6. The Bertz CT molecular complexity index is 465. The van der Waals surface area contributed by atoms with Gasteiger partial charge in [0.05, 0.1) is 32.7 Å². The van der Waals surface area contributed by atoms with Crippen LogP contribution in [0, 0.1) is 20.8 Å². The van der Waals surface area contributed by atoms with E-state index in [-0.39, 0.29) is 5.91 Å². The van der Waals surface area contributed by atoms with E-state index < -0.39 is 0 Å². The first-order chi connectivity index (χ1) is 9.52. The average Bonchev–Trinajstić information content (AvgIpc) is 2.38. The van der Waals surface area contributed by atoms with Gasteiger partial charge in [0.25, 0.3) is 5.91 Å². The molecule has 3 nitrogen and oxygen atoms in total. The van der Waals surface area contributed by atoms with E-state index in [1.54, 1.807) is 4.90 Å². The molecule has 1 heterocycles. The lowest BCUT2D eigenvalue weighted by molar-refractivity contribution is -0.904. The van der Waals surface area contributed by atoms with E-state index in [9.17, 15) is 4.79 Å². The van der Waals surface area contributed by atoms with Gasteiger partial charge in [-0.2, -0.15) is 0 Å². The van der Waals surface area contributed by atoms with Crippen molar-refractivity contribution in [3.8, 4) is 0 Å². The molecule has 0 unspecified atom stereocenters.